The third kappa shape index (κ3) is 5.44. The second-order valence-corrected chi connectivity index (χ2v) is 9.22. The highest BCUT2D eigenvalue weighted by Crippen LogP contribution is 2.19. The van der Waals surface area contributed by atoms with Crippen molar-refractivity contribution < 1.29 is 17.9 Å². The third-order valence-corrected chi connectivity index (χ3v) is 7.04. The molecule has 1 aliphatic rings. The van der Waals surface area contributed by atoms with Crippen molar-refractivity contribution in [2.45, 2.75) is 44.2 Å². The highest BCUT2D eigenvalue weighted by Gasteiger charge is 2.23. The van der Waals surface area contributed by atoms with Gasteiger partial charge >= 0.3 is 0 Å². The summed E-state index contributed by atoms with van der Waals surface area (Å²) in [6.07, 6.45) is 2.11. The maximum atomic E-state index is 12.9. The Labute approximate surface area is 172 Å². The van der Waals surface area contributed by atoms with E-state index in [1.807, 2.05) is 13.8 Å². The van der Waals surface area contributed by atoms with Crippen LogP contribution in [0, 0.1) is 6.92 Å². The van der Waals surface area contributed by atoms with Crippen LogP contribution in [0.5, 0.6) is 0 Å². The van der Waals surface area contributed by atoms with Gasteiger partial charge in [0.2, 0.25) is 10.0 Å². The van der Waals surface area contributed by atoms with E-state index in [0.717, 1.165) is 30.6 Å². The summed E-state index contributed by atoms with van der Waals surface area (Å²) in [6.45, 7) is 5.63. The second kappa shape index (κ2) is 9.52. The van der Waals surface area contributed by atoms with Gasteiger partial charge in [0, 0.05) is 31.8 Å². The van der Waals surface area contributed by atoms with Crippen molar-refractivity contribution in [3.05, 3.63) is 65.2 Å². The van der Waals surface area contributed by atoms with Gasteiger partial charge in [-0.1, -0.05) is 36.8 Å². The molecule has 1 heterocycles. The molecule has 1 saturated heterocycles. The van der Waals surface area contributed by atoms with Crippen molar-refractivity contribution in [3.63, 3.8) is 0 Å². The molecule has 7 heteroatoms. The Bertz CT molecular complexity index is 918. The van der Waals surface area contributed by atoms with E-state index < -0.39 is 10.0 Å². The van der Waals surface area contributed by atoms with Gasteiger partial charge in [0.1, 0.15) is 0 Å². The fraction of sp³-hybridized carbons (Fsp3) is 0.409. The lowest BCUT2D eigenvalue weighted by Crippen LogP contribution is -2.32. The summed E-state index contributed by atoms with van der Waals surface area (Å²) in [6, 6.07) is 13.9. The van der Waals surface area contributed by atoms with Crippen LogP contribution in [0.15, 0.2) is 53.4 Å². The van der Waals surface area contributed by atoms with Crippen LogP contribution in [0.25, 0.3) is 0 Å². The van der Waals surface area contributed by atoms with Gasteiger partial charge in [0.05, 0.1) is 11.0 Å². The molecule has 1 aliphatic heterocycles. The first-order chi connectivity index (χ1) is 13.9. The monoisotopic (exact) mass is 416 g/mol. The Hall–Kier alpha value is -2.22. The Morgan fingerprint density at radius 1 is 1.14 bits per heavy atom. The fourth-order valence-electron chi connectivity index (χ4n) is 3.31. The van der Waals surface area contributed by atoms with Crippen LogP contribution in [0.4, 0.5) is 0 Å². The van der Waals surface area contributed by atoms with E-state index in [1.54, 1.807) is 48.5 Å². The first-order valence-electron chi connectivity index (χ1n) is 9.95. The number of hydrogen-bond acceptors (Lipinski definition) is 4. The van der Waals surface area contributed by atoms with E-state index >= 15 is 0 Å². The number of hydrogen-bond donors (Lipinski definition) is 1. The summed E-state index contributed by atoms with van der Waals surface area (Å²) >= 11 is 0. The molecule has 6 nitrogen and oxygen atoms in total. The summed E-state index contributed by atoms with van der Waals surface area (Å²) in [7, 11) is -3.57. The third-order valence-electron chi connectivity index (χ3n) is 5.10. The molecule has 1 atom stereocenters. The summed E-state index contributed by atoms with van der Waals surface area (Å²) in [5.74, 6) is -0.147. The van der Waals surface area contributed by atoms with Crippen LogP contribution in [-0.2, 0) is 21.3 Å². The molecule has 0 spiro atoms. The van der Waals surface area contributed by atoms with Crippen LogP contribution in [0.1, 0.15) is 41.3 Å². The second-order valence-electron chi connectivity index (χ2n) is 7.29. The molecule has 1 N–H and O–H groups in total. The van der Waals surface area contributed by atoms with Crippen LogP contribution in [0.2, 0.25) is 0 Å². The van der Waals surface area contributed by atoms with Crippen LogP contribution in [0.3, 0.4) is 0 Å². The molecule has 1 unspecified atom stereocenters. The summed E-state index contributed by atoms with van der Waals surface area (Å²) in [5, 5.41) is 2.89. The Morgan fingerprint density at radius 2 is 1.83 bits per heavy atom. The molecule has 0 aliphatic carbocycles. The van der Waals surface area contributed by atoms with Crippen LogP contribution < -0.4 is 5.32 Å². The Kier molecular flexibility index (Phi) is 7.05. The van der Waals surface area contributed by atoms with Gasteiger partial charge in [0.15, 0.2) is 0 Å². The van der Waals surface area contributed by atoms with Crippen molar-refractivity contribution >= 4 is 15.9 Å². The quantitative estimate of drug-likeness (QED) is 0.717. The molecule has 0 aromatic heterocycles. The number of nitrogens with one attached hydrogen (secondary N) is 1. The van der Waals surface area contributed by atoms with E-state index in [1.165, 1.54) is 4.31 Å². The zero-order chi connectivity index (χ0) is 20.9. The predicted molar refractivity (Wildman–Crippen MR) is 112 cm³/mol. The molecular weight excluding hydrogens is 388 g/mol. The average molecular weight is 417 g/mol. The Morgan fingerprint density at radius 3 is 2.41 bits per heavy atom. The van der Waals surface area contributed by atoms with E-state index in [0.29, 0.717) is 18.7 Å². The molecule has 2 aromatic carbocycles. The van der Waals surface area contributed by atoms with Gasteiger partial charge in [-0.25, -0.2) is 8.42 Å². The molecule has 2 aromatic rings. The van der Waals surface area contributed by atoms with E-state index in [9.17, 15) is 13.2 Å². The topological polar surface area (TPSA) is 75.7 Å². The lowest BCUT2D eigenvalue weighted by Gasteiger charge is -2.21. The number of amides is 1. The van der Waals surface area contributed by atoms with Crippen molar-refractivity contribution in [1.82, 2.24) is 9.62 Å². The number of aryl methyl sites for hydroxylation is 1. The minimum atomic E-state index is -3.57. The highest BCUT2D eigenvalue weighted by molar-refractivity contribution is 7.89. The molecule has 29 heavy (non-hydrogen) atoms. The number of rotatable bonds is 8. The molecule has 0 bridgehead atoms. The first kappa shape index (κ1) is 21.5. The van der Waals surface area contributed by atoms with Crippen molar-refractivity contribution in [3.8, 4) is 0 Å². The molecule has 0 radical (unpaired) electrons. The number of ether oxygens (including phenoxy) is 1. The minimum Gasteiger partial charge on any atom is -0.376 e. The van der Waals surface area contributed by atoms with Crippen molar-refractivity contribution in [1.29, 1.82) is 0 Å². The number of carbonyl (C=O) groups excluding carboxylic acids is 1. The van der Waals surface area contributed by atoms with Gasteiger partial charge in [-0.05, 0) is 49.6 Å². The lowest BCUT2D eigenvalue weighted by atomic mass is 10.1. The average Bonchev–Trinajstić information content (AvgIpc) is 3.24. The van der Waals surface area contributed by atoms with Gasteiger partial charge in [-0.3, -0.25) is 4.79 Å². The number of nitrogens with zero attached hydrogens (tertiary/aromatic N) is 1. The molecule has 0 saturated carbocycles. The first-order valence-corrected chi connectivity index (χ1v) is 11.4. The minimum absolute atomic E-state index is 0.100. The van der Waals surface area contributed by atoms with Crippen LogP contribution in [-0.4, -0.2) is 44.4 Å². The smallest absolute Gasteiger partial charge is 0.251 e. The maximum absolute atomic E-state index is 12.9. The number of sulfonamides is 1. The lowest BCUT2D eigenvalue weighted by molar-refractivity contribution is 0.0857. The maximum Gasteiger partial charge on any atom is 0.251 e. The normalized spacial score (nSPS) is 16.9. The van der Waals surface area contributed by atoms with Crippen molar-refractivity contribution in [2.24, 2.45) is 0 Å². The standard InChI is InChI=1S/C22H28N2O4S/c1-3-24(29(26,27)21-12-6-17(2)7-13-21)16-18-8-10-19(11-9-18)22(25)23-15-20-5-4-14-28-20/h6-13,20H,3-5,14-16H2,1-2H3,(H,23,25). The van der Waals surface area contributed by atoms with Gasteiger partial charge in [-0.15, -0.1) is 0 Å². The number of carbonyl (C=O) groups is 1. The van der Waals surface area contributed by atoms with Gasteiger partial charge < -0.3 is 10.1 Å². The molecular formula is C22H28N2O4S. The Balaban J connectivity index is 1.64. The van der Waals surface area contributed by atoms with Crippen LogP contribution >= 0.6 is 0 Å². The van der Waals surface area contributed by atoms with E-state index in [4.69, 9.17) is 4.74 Å². The summed E-state index contributed by atoms with van der Waals surface area (Å²) < 4.78 is 32.8. The fourth-order valence-corrected chi connectivity index (χ4v) is 4.74. The molecule has 156 valence electrons. The largest absolute Gasteiger partial charge is 0.376 e. The number of benzene rings is 2. The summed E-state index contributed by atoms with van der Waals surface area (Å²) in [5.41, 5.74) is 2.40. The molecule has 3 rings (SSSR count). The summed E-state index contributed by atoms with van der Waals surface area (Å²) in [4.78, 5) is 12.6. The predicted octanol–water partition coefficient (Wildman–Crippen LogP) is 3.11. The highest BCUT2D eigenvalue weighted by atomic mass is 32.2. The van der Waals surface area contributed by atoms with Gasteiger partial charge in [-0.2, -0.15) is 4.31 Å². The molecule has 1 fully saturated rings. The van der Waals surface area contributed by atoms with Crippen molar-refractivity contribution in [2.75, 3.05) is 19.7 Å². The SMILES string of the molecule is CCN(Cc1ccc(C(=O)NCC2CCCO2)cc1)S(=O)(=O)c1ccc(C)cc1. The van der Waals surface area contributed by atoms with Gasteiger partial charge in [0.25, 0.3) is 5.91 Å². The van der Waals surface area contributed by atoms with E-state index in [-0.39, 0.29) is 23.5 Å². The zero-order valence-corrected chi connectivity index (χ0v) is 17.7. The molecule has 1 amide bonds. The van der Waals surface area contributed by atoms with E-state index in [2.05, 4.69) is 5.32 Å². The zero-order valence-electron chi connectivity index (χ0n) is 16.9.